The minimum Gasteiger partial charge on any atom is -0.441 e. The molecule has 2 N–H and O–H groups in total. The van der Waals surface area contributed by atoms with E-state index < -0.39 is 0 Å². The van der Waals surface area contributed by atoms with E-state index in [0.29, 0.717) is 16.9 Å². The molecule has 3 heteroatoms. The van der Waals surface area contributed by atoms with Crippen molar-refractivity contribution in [3.8, 4) is 0 Å². The minimum atomic E-state index is -0.279. The predicted molar refractivity (Wildman–Crippen MR) is 40.6 cm³/mol. The van der Waals surface area contributed by atoms with Crippen molar-refractivity contribution < 1.29 is 8.81 Å². The lowest BCUT2D eigenvalue weighted by Gasteiger charge is -1.85. The maximum absolute atomic E-state index is 12.6. The Morgan fingerprint density at radius 1 is 1.27 bits per heavy atom. The van der Waals surface area contributed by atoms with Gasteiger partial charge in [-0.2, -0.15) is 0 Å². The van der Waals surface area contributed by atoms with E-state index >= 15 is 0 Å². The second kappa shape index (κ2) is 1.99. The first kappa shape index (κ1) is 6.22. The normalized spacial score (nSPS) is 10.6. The monoisotopic (exact) mass is 151 g/mol. The average molecular weight is 151 g/mol. The molecular formula is C8H6FNO. The highest BCUT2D eigenvalue weighted by Gasteiger charge is 2.00. The third-order valence-corrected chi connectivity index (χ3v) is 1.50. The lowest BCUT2D eigenvalue weighted by molar-refractivity contribution is 0.621. The molecule has 0 bridgehead atoms. The maximum Gasteiger partial charge on any atom is 0.191 e. The lowest BCUT2D eigenvalue weighted by atomic mass is 10.2. The molecule has 0 atom stereocenters. The van der Waals surface area contributed by atoms with Gasteiger partial charge in [0.25, 0.3) is 0 Å². The molecule has 0 saturated heterocycles. The van der Waals surface area contributed by atoms with Crippen molar-refractivity contribution in [1.82, 2.24) is 0 Å². The number of furan rings is 1. The third-order valence-electron chi connectivity index (χ3n) is 1.50. The van der Waals surface area contributed by atoms with Crippen molar-refractivity contribution in [2.24, 2.45) is 0 Å². The van der Waals surface area contributed by atoms with Gasteiger partial charge in [0.1, 0.15) is 11.4 Å². The first-order chi connectivity index (χ1) is 5.25. The van der Waals surface area contributed by atoms with E-state index in [1.807, 2.05) is 0 Å². The first-order valence-corrected chi connectivity index (χ1v) is 3.20. The van der Waals surface area contributed by atoms with Crippen molar-refractivity contribution in [2.45, 2.75) is 0 Å². The Morgan fingerprint density at radius 3 is 2.91 bits per heavy atom. The summed E-state index contributed by atoms with van der Waals surface area (Å²) in [6.45, 7) is 0. The summed E-state index contributed by atoms with van der Waals surface area (Å²) < 4.78 is 17.6. The SMILES string of the molecule is Nc1cc2cc(F)ccc2o1. The van der Waals surface area contributed by atoms with Gasteiger partial charge in [-0.05, 0) is 18.2 Å². The van der Waals surface area contributed by atoms with Crippen LogP contribution >= 0.6 is 0 Å². The summed E-state index contributed by atoms with van der Waals surface area (Å²) in [5, 5.41) is 0.697. The fraction of sp³-hybridized carbons (Fsp3) is 0. The summed E-state index contributed by atoms with van der Waals surface area (Å²) in [7, 11) is 0. The lowest BCUT2D eigenvalue weighted by Crippen LogP contribution is -1.75. The van der Waals surface area contributed by atoms with Crippen molar-refractivity contribution in [1.29, 1.82) is 0 Å². The highest BCUT2D eigenvalue weighted by atomic mass is 19.1. The van der Waals surface area contributed by atoms with Gasteiger partial charge in [0.15, 0.2) is 5.88 Å². The third kappa shape index (κ3) is 0.941. The standard InChI is InChI=1S/C8H6FNO/c9-6-1-2-7-5(3-6)4-8(10)11-7/h1-4H,10H2. The zero-order valence-corrected chi connectivity index (χ0v) is 5.67. The van der Waals surface area contributed by atoms with E-state index in [1.165, 1.54) is 12.1 Å². The molecule has 0 saturated carbocycles. The smallest absolute Gasteiger partial charge is 0.191 e. The Hall–Kier alpha value is -1.51. The number of anilines is 1. The fourth-order valence-corrected chi connectivity index (χ4v) is 1.03. The van der Waals surface area contributed by atoms with Gasteiger partial charge in [0.05, 0.1) is 0 Å². The number of fused-ring (bicyclic) bond motifs is 1. The van der Waals surface area contributed by atoms with Gasteiger partial charge >= 0.3 is 0 Å². The number of halogens is 1. The maximum atomic E-state index is 12.6. The molecule has 1 aromatic carbocycles. The quantitative estimate of drug-likeness (QED) is 0.626. The van der Waals surface area contributed by atoms with Gasteiger partial charge in [0, 0.05) is 11.5 Å². The van der Waals surface area contributed by atoms with E-state index in [4.69, 9.17) is 10.2 Å². The molecule has 2 nitrogen and oxygen atoms in total. The van der Waals surface area contributed by atoms with E-state index in [-0.39, 0.29) is 5.82 Å². The van der Waals surface area contributed by atoms with Crippen LogP contribution in [0, 0.1) is 5.82 Å². The van der Waals surface area contributed by atoms with E-state index in [0.717, 1.165) is 0 Å². The number of benzene rings is 1. The number of nitrogen functional groups attached to an aromatic ring is 1. The molecule has 11 heavy (non-hydrogen) atoms. The van der Waals surface area contributed by atoms with Crippen LogP contribution in [-0.2, 0) is 0 Å². The Bertz CT molecular complexity index is 394. The molecule has 0 amide bonds. The van der Waals surface area contributed by atoms with Crippen molar-refractivity contribution in [3.05, 3.63) is 30.1 Å². The van der Waals surface area contributed by atoms with Gasteiger partial charge in [-0.1, -0.05) is 0 Å². The van der Waals surface area contributed by atoms with Gasteiger partial charge in [0.2, 0.25) is 0 Å². The predicted octanol–water partition coefficient (Wildman–Crippen LogP) is 2.15. The van der Waals surface area contributed by atoms with E-state index in [2.05, 4.69) is 0 Å². The zero-order chi connectivity index (χ0) is 7.84. The summed E-state index contributed by atoms with van der Waals surface area (Å²) in [6, 6.07) is 5.87. The van der Waals surface area contributed by atoms with Crippen LogP contribution < -0.4 is 5.73 Å². The fourth-order valence-electron chi connectivity index (χ4n) is 1.03. The molecule has 0 aliphatic rings. The van der Waals surface area contributed by atoms with Crippen LogP contribution in [0.3, 0.4) is 0 Å². The molecule has 0 unspecified atom stereocenters. The molecule has 0 fully saturated rings. The van der Waals surface area contributed by atoms with E-state index in [1.54, 1.807) is 12.1 Å². The largest absolute Gasteiger partial charge is 0.441 e. The molecule has 0 aliphatic carbocycles. The topological polar surface area (TPSA) is 39.2 Å². The second-order valence-electron chi connectivity index (χ2n) is 2.33. The molecule has 0 aliphatic heterocycles. The van der Waals surface area contributed by atoms with Gasteiger partial charge in [-0.15, -0.1) is 0 Å². The van der Waals surface area contributed by atoms with E-state index in [9.17, 15) is 4.39 Å². The van der Waals surface area contributed by atoms with Crippen molar-refractivity contribution in [2.75, 3.05) is 5.73 Å². The van der Waals surface area contributed by atoms with Gasteiger partial charge < -0.3 is 10.2 Å². The van der Waals surface area contributed by atoms with Crippen LogP contribution in [0.25, 0.3) is 11.0 Å². The molecule has 2 aromatic rings. The Balaban J connectivity index is 2.82. The highest BCUT2D eigenvalue weighted by molar-refractivity contribution is 5.80. The summed E-state index contributed by atoms with van der Waals surface area (Å²) in [5.41, 5.74) is 5.97. The molecule has 0 radical (unpaired) electrons. The van der Waals surface area contributed by atoms with Crippen LogP contribution in [0.5, 0.6) is 0 Å². The van der Waals surface area contributed by atoms with Crippen molar-refractivity contribution in [3.63, 3.8) is 0 Å². The number of hydrogen-bond acceptors (Lipinski definition) is 2. The number of hydrogen-bond donors (Lipinski definition) is 1. The van der Waals surface area contributed by atoms with Crippen LogP contribution in [0.4, 0.5) is 10.3 Å². The molecule has 1 aromatic heterocycles. The Morgan fingerprint density at radius 2 is 2.09 bits per heavy atom. The Kier molecular flexibility index (Phi) is 1.12. The zero-order valence-electron chi connectivity index (χ0n) is 5.67. The molecule has 2 rings (SSSR count). The van der Waals surface area contributed by atoms with Gasteiger partial charge in [-0.25, -0.2) is 4.39 Å². The molecule has 1 heterocycles. The molecule has 56 valence electrons. The van der Waals surface area contributed by atoms with Crippen LogP contribution in [0.2, 0.25) is 0 Å². The summed E-state index contributed by atoms with van der Waals surface area (Å²) >= 11 is 0. The minimum absolute atomic E-state index is 0.279. The Labute approximate surface area is 62.4 Å². The number of nitrogens with two attached hydrogens (primary N) is 1. The second-order valence-corrected chi connectivity index (χ2v) is 2.33. The summed E-state index contributed by atoms with van der Waals surface area (Å²) in [4.78, 5) is 0. The van der Waals surface area contributed by atoms with Crippen LogP contribution in [0.15, 0.2) is 28.7 Å². The molecule has 0 spiro atoms. The van der Waals surface area contributed by atoms with Crippen LogP contribution in [-0.4, -0.2) is 0 Å². The van der Waals surface area contributed by atoms with Gasteiger partial charge in [-0.3, -0.25) is 0 Å². The number of rotatable bonds is 0. The summed E-state index contributed by atoms with van der Waals surface area (Å²) in [5.74, 6) is 0.0314. The average Bonchev–Trinajstić information content (AvgIpc) is 2.27. The van der Waals surface area contributed by atoms with Crippen molar-refractivity contribution >= 4 is 16.9 Å². The molecular weight excluding hydrogens is 145 g/mol. The summed E-state index contributed by atoms with van der Waals surface area (Å²) in [6.07, 6.45) is 0. The highest BCUT2D eigenvalue weighted by Crippen LogP contribution is 2.20. The first-order valence-electron chi connectivity index (χ1n) is 3.20. The van der Waals surface area contributed by atoms with Crippen LogP contribution in [0.1, 0.15) is 0 Å².